The zero-order chi connectivity index (χ0) is 12.0. The topological polar surface area (TPSA) is 49.3 Å². The van der Waals surface area contributed by atoms with Crippen LogP contribution in [0.5, 0.6) is 0 Å². The fraction of sp³-hybridized carbons (Fsp3) is 0.364. The van der Waals surface area contributed by atoms with Gasteiger partial charge in [-0.25, -0.2) is 0 Å². The summed E-state index contributed by atoms with van der Waals surface area (Å²) in [5.41, 5.74) is 0.618. The van der Waals surface area contributed by atoms with E-state index < -0.39 is 0 Å². The first-order chi connectivity index (χ1) is 7.65. The van der Waals surface area contributed by atoms with E-state index >= 15 is 0 Å². The van der Waals surface area contributed by atoms with Crippen molar-refractivity contribution >= 4 is 37.8 Å². The van der Waals surface area contributed by atoms with Crippen LogP contribution >= 0.6 is 31.9 Å². The molecule has 0 fully saturated rings. The lowest BCUT2D eigenvalue weighted by Gasteiger charge is -2.06. The molecule has 5 heteroatoms. The SMILES string of the molecule is O=C(NCCCCO)c1ccc(Br)cc1Br. The minimum absolute atomic E-state index is 0.0997. The van der Waals surface area contributed by atoms with Crippen LogP contribution in [0, 0.1) is 0 Å². The number of benzene rings is 1. The number of nitrogens with one attached hydrogen (secondary N) is 1. The second-order valence-corrected chi connectivity index (χ2v) is 5.08. The number of hydrogen-bond donors (Lipinski definition) is 2. The maximum Gasteiger partial charge on any atom is 0.252 e. The van der Waals surface area contributed by atoms with Gasteiger partial charge in [0.25, 0.3) is 5.91 Å². The summed E-state index contributed by atoms with van der Waals surface area (Å²) in [6, 6.07) is 5.42. The highest BCUT2D eigenvalue weighted by Crippen LogP contribution is 2.21. The van der Waals surface area contributed by atoms with Gasteiger partial charge in [0, 0.05) is 22.1 Å². The lowest BCUT2D eigenvalue weighted by molar-refractivity contribution is 0.0951. The van der Waals surface area contributed by atoms with Crippen LogP contribution in [-0.4, -0.2) is 24.2 Å². The van der Waals surface area contributed by atoms with Gasteiger partial charge in [0.1, 0.15) is 0 Å². The van der Waals surface area contributed by atoms with E-state index in [1.807, 2.05) is 12.1 Å². The van der Waals surface area contributed by atoms with E-state index in [4.69, 9.17) is 5.11 Å². The van der Waals surface area contributed by atoms with Gasteiger partial charge >= 0.3 is 0 Å². The van der Waals surface area contributed by atoms with Gasteiger partial charge in [-0.1, -0.05) is 15.9 Å². The van der Waals surface area contributed by atoms with Crippen molar-refractivity contribution < 1.29 is 9.90 Å². The molecule has 0 aliphatic carbocycles. The van der Waals surface area contributed by atoms with Crippen LogP contribution in [0.25, 0.3) is 0 Å². The molecule has 0 unspecified atom stereocenters. The number of halogens is 2. The van der Waals surface area contributed by atoms with Crippen molar-refractivity contribution in [2.24, 2.45) is 0 Å². The summed E-state index contributed by atoms with van der Waals surface area (Å²) in [7, 11) is 0. The molecule has 0 atom stereocenters. The quantitative estimate of drug-likeness (QED) is 0.802. The highest BCUT2D eigenvalue weighted by Gasteiger charge is 2.08. The summed E-state index contributed by atoms with van der Waals surface area (Å²) >= 11 is 6.67. The van der Waals surface area contributed by atoms with Crippen molar-refractivity contribution in [3.05, 3.63) is 32.7 Å². The van der Waals surface area contributed by atoms with Crippen molar-refractivity contribution in [2.75, 3.05) is 13.2 Å². The molecular formula is C11H13Br2NO2. The van der Waals surface area contributed by atoms with Crippen molar-refractivity contribution in [3.63, 3.8) is 0 Å². The Labute approximate surface area is 111 Å². The fourth-order valence-corrected chi connectivity index (χ4v) is 2.43. The molecule has 0 spiro atoms. The number of aliphatic hydroxyl groups excluding tert-OH is 1. The Hall–Kier alpha value is -0.390. The second-order valence-electron chi connectivity index (χ2n) is 3.31. The zero-order valence-electron chi connectivity index (χ0n) is 8.67. The standard InChI is InChI=1S/C11H13Br2NO2/c12-8-3-4-9(10(13)7-8)11(16)14-5-1-2-6-15/h3-4,7,15H,1-2,5-6H2,(H,14,16). The Morgan fingerprint density at radius 3 is 2.69 bits per heavy atom. The Balaban J connectivity index is 2.53. The van der Waals surface area contributed by atoms with Crippen LogP contribution in [0.2, 0.25) is 0 Å². The molecule has 0 radical (unpaired) electrons. The number of hydrogen-bond acceptors (Lipinski definition) is 2. The number of carbonyl (C=O) groups is 1. The normalized spacial score (nSPS) is 10.2. The third-order valence-corrected chi connectivity index (χ3v) is 3.20. The zero-order valence-corrected chi connectivity index (χ0v) is 11.8. The van der Waals surface area contributed by atoms with Crippen LogP contribution in [-0.2, 0) is 0 Å². The third-order valence-electron chi connectivity index (χ3n) is 2.05. The molecule has 0 heterocycles. The van der Waals surface area contributed by atoms with Gasteiger partial charge in [0.15, 0.2) is 0 Å². The molecular weight excluding hydrogens is 338 g/mol. The van der Waals surface area contributed by atoms with E-state index in [1.54, 1.807) is 6.07 Å². The number of rotatable bonds is 5. The number of carbonyl (C=O) groups excluding carboxylic acids is 1. The van der Waals surface area contributed by atoms with E-state index in [-0.39, 0.29) is 12.5 Å². The van der Waals surface area contributed by atoms with Crippen molar-refractivity contribution in [1.82, 2.24) is 5.32 Å². The molecule has 2 N–H and O–H groups in total. The smallest absolute Gasteiger partial charge is 0.252 e. The van der Waals surface area contributed by atoms with Crippen LogP contribution in [0.1, 0.15) is 23.2 Å². The van der Waals surface area contributed by atoms with Crippen LogP contribution in [0.15, 0.2) is 27.1 Å². The van der Waals surface area contributed by atoms with Crippen LogP contribution in [0.4, 0.5) is 0 Å². The molecule has 1 rings (SSSR count). The average Bonchev–Trinajstić information content (AvgIpc) is 2.24. The summed E-state index contributed by atoms with van der Waals surface area (Å²) in [6.07, 6.45) is 1.50. The van der Waals surface area contributed by atoms with E-state index in [0.29, 0.717) is 18.5 Å². The first-order valence-electron chi connectivity index (χ1n) is 4.99. The van der Waals surface area contributed by atoms with Gasteiger partial charge in [-0.05, 0) is 47.0 Å². The minimum atomic E-state index is -0.0997. The Morgan fingerprint density at radius 1 is 1.31 bits per heavy atom. The van der Waals surface area contributed by atoms with E-state index in [1.165, 1.54) is 0 Å². The summed E-state index contributed by atoms with van der Waals surface area (Å²) in [4.78, 5) is 11.7. The predicted molar refractivity (Wildman–Crippen MR) is 70.5 cm³/mol. The molecule has 88 valence electrons. The Kier molecular flexibility index (Phi) is 6.01. The molecule has 0 saturated carbocycles. The van der Waals surface area contributed by atoms with Gasteiger partial charge in [-0.15, -0.1) is 0 Å². The fourth-order valence-electron chi connectivity index (χ4n) is 1.21. The van der Waals surface area contributed by atoms with E-state index in [2.05, 4.69) is 37.2 Å². The van der Waals surface area contributed by atoms with E-state index in [9.17, 15) is 4.79 Å². The highest BCUT2D eigenvalue weighted by molar-refractivity contribution is 9.11. The number of amides is 1. The van der Waals surface area contributed by atoms with Gasteiger partial charge < -0.3 is 10.4 Å². The molecule has 16 heavy (non-hydrogen) atoms. The summed E-state index contributed by atoms with van der Waals surface area (Å²) < 4.78 is 1.69. The summed E-state index contributed by atoms with van der Waals surface area (Å²) in [5, 5.41) is 11.4. The molecule has 1 aromatic rings. The van der Waals surface area contributed by atoms with Crippen LogP contribution < -0.4 is 5.32 Å². The monoisotopic (exact) mass is 349 g/mol. The van der Waals surface area contributed by atoms with Gasteiger partial charge in [-0.3, -0.25) is 4.79 Å². The average molecular weight is 351 g/mol. The lowest BCUT2D eigenvalue weighted by atomic mass is 10.2. The molecule has 0 aliphatic heterocycles. The molecule has 0 bridgehead atoms. The molecule has 3 nitrogen and oxygen atoms in total. The third kappa shape index (κ3) is 4.23. The minimum Gasteiger partial charge on any atom is -0.396 e. The predicted octanol–water partition coefficient (Wildman–Crippen LogP) is 2.71. The lowest BCUT2D eigenvalue weighted by Crippen LogP contribution is -2.24. The first-order valence-corrected chi connectivity index (χ1v) is 6.58. The van der Waals surface area contributed by atoms with Crippen molar-refractivity contribution in [1.29, 1.82) is 0 Å². The Bertz CT molecular complexity index is 369. The van der Waals surface area contributed by atoms with E-state index in [0.717, 1.165) is 15.4 Å². The molecule has 0 aliphatic rings. The van der Waals surface area contributed by atoms with Crippen LogP contribution in [0.3, 0.4) is 0 Å². The van der Waals surface area contributed by atoms with Crippen molar-refractivity contribution in [2.45, 2.75) is 12.8 Å². The summed E-state index contributed by atoms with van der Waals surface area (Å²) in [5.74, 6) is -0.0997. The van der Waals surface area contributed by atoms with Gasteiger partial charge in [0.05, 0.1) is 5.56 Å². The van der Waals surface area contributed by atoms with Crippen molar-refractivity contribution in [3.8, 4) is 0 Å². The van der Waals surface area contributed by atoms with Gasteiger partial charge in [-0.2, -0.15) is 0 Å². The maximum absolute atomic E-state index is 11.7. The number of aliphatic hydroxyl groups is 1. The highest BCUT2D eigenvalue weighted by atomic mass is 79.9. The molecule has 0 aromatic heterocycles. The summed E-state index contributed by atoms with van der Waals surface area (Å²) in [6.45, 7) is 0.750. The Morgan fingerprint density at radius 2 is 2.06 bits per heavy atom. The first kappa shape index (κ1) is 13.7. The second kappa shape index (κ2) is 7.04. The molecule has 1 aromatic carbocycles. The largest absolute Gasteiger partial charge is 0.396 e. The van der Waals surface area contributed by atoms with Gasteiger partial charge in [0.2, 0.25) is 0 Å². The number of unbranched alkanes of at least 4 members (excludes halogenated alkanes) is 1. The molecule has 1 amide bonds. The maximum atomic E-state index is 11.7. The molecule has 0 saturated heterocycles.